The van der Waals surface area contributed by atoms with E-state index in [1.54, 1.807) is 37.3 Å². The van der Waals surface area contributed by atoms with Crippen LogP contribution in [0, 0.1) is 28.1 Å². The second-order valence-electron chi connectivity index (χ2n) is 17.5. The van der Waals surface area contributed by atoms with Crippen LogP contribution in [-0.4, -0.2) is 69.0 Å². The molecule has 3 aromatic carbocycles. The van der Waals surface area contributed by atoms with Gasteiger partial charge in [0.1, 0.15) is 17.0 Å². The summed E-state index contributed by atoms with van der Waals surface area (Å²) >= 11 is 2.00. The SMILES string of the molecule is CCN(CCC(C)CN1CCC(C(=O)Nc2cccc(-n3c(=O)n(C4CC4)c(=O)c4c(Nc5ccc(I)cc5F)n(C)c(=O)c(C)c43)c2)CC1)c1cccc(C2CCC(=O)NC2=O)c1. The largest absolute Gasteiger partial charge is 0.372 e. The lowest BCUT2D eigenvalue weighted by Gasteiger charge is -2.33. The minimum absolute atomic E-state index is 0.0706. The van der Waals surface area contributed by atoms with Crippen LogP contribution in [0.15, 0.2) is 81.1 Å². The van der Waals surface area contributed by atoms with Crippen molar-refractivity contribution in [2.24, 2.45) is 18.9 Å². The zero-order valence-corrected chi connectivity index (χ0v) is 38.7. The van der Waals surface area contributed by atoms with Crippen LogP contribution < -0.4 is 37.7 Å². The van der Waals surface area contributed by atoms with Crippen molar-refractivity contribution in [2.45, 2.75) is 77.7 Å². The van der Waals surface area contributed by atoms with Crippen molar-refractivity contribution in [2.75, 3.05) is 48.3 Å². The maximum atomic E-state index is 15.2. The molecule has 0 spiro atoms. The van der Waals surface area contributed by atoms with Crippen LogP contribution >= 0.6 is 22.6 Å². The molecule has 1 aliphatic carbocycles. The number of imide groups is 1. The number of rotatable bonds is 14. The Kier molecular flexibility index (Phi) is 13.2. The van der Waals surface area contributed by atoms with E-state index in [2.05, 4.69) is 51.7 Å². The molecule has 5 aromatic rings. The summed E-state index contributed by atoms with van der Waals surface area (Å²) in [7, 11) is 1.51. The third-order valence-electron chi connectivity index (χ3n) is 13.0. The number of likely N-dealkylation sites (tertiary alicyclic amines) is 1. The number of nitrogens with one attached hydrogen (secondary N) is 3. The van der Waals surface area contributed by atoms with E-state index >= 15 is 4.39 Å². The Hall–Kier alpha value is -5.62. The predicted octanol–water partition coefficient (Wildman–Crippen LogP) is 6.71. The molecular weight excluding hydrogens is 930 g/mol. The average Bonchev–Trinajstić information content (AvgIpc) is 4.11. The van der Waals surface area contributed by atoms with E-state index in [0.717, 1.165) is 50.4 Å². The molecule has 4 heterocycles. The summed E-state index contributed by atoms with van der Waals surface area (Å²) in [6, 6.07) is 19.3. The summed E-state index contributed by atoms with van der Waals surface area (Å²) in [6.07, 6.45) is 4.53. The zero-order valence-electron chi connectivity index (χ0n) is 36.6. The number of piperidine rings is 2. The molecular formula is C48H54FIN8O6. The fourth-order valence-electron chi connectivity index (χ4n) is 9.25. The molecule has 2 aromatic heterocycles. The number of hydrogen-bond acceptors (Lipinski definition) is 9. The van der Waals surface area contributed by atoms with Crippen LogP contribution in [-0.2, 0) is 21.4 Å². The van der Waals surface area contributed by atoms with E-state index in [9.17, 15) is 28.8 Å². The number of anilines is 4. The molecule has 3 aliphatic rings. The quantitative estimate of drug-likeness (QED) is 0.0813. The van der Waals surface area contributed by atoms with Gasteiger partial charge in [0, 0.05) is 65.6 Å². The normalized spacial score (nSPS) is 17.6. The number of aromatic nitrogens is 3. The number of aryl methyl sites for hydroxylation is 1. The van der Waals surface area contributed by atoms with Crippen molar-refractivity contribution in [3.63, 3.8) is 0 Å². The van der Waals surface area contributed by atoms with Crippen molar-refractivity contribution in [1.82, 2.24) is 23.9 Å². The molecule has 3 amide bonds. The molecule has 1 saturated carbocycles. The molecule has 14 nitrogen and oxygen atoms in total. The van der Waals surface area contributed by atoms with Gasteiger partial charge in [0.25, 0.3) is 11.1 Å². The predicted molar refractivity (Wildman–Crippen MR) is 255 cm³/mol. The highest BCUT2D eigenvalue weighted by molar-refractivity contribution is 14.1. The van der Waals surface area contributed by atoms with E-state index in [1.807, 2.05) is 34.7 Å². The fraction of sp³-hybridized carbons (Fsp3) is 0.417. The van der Waals surface area contributed by atoms with Crippen LogP contribution in [0.5, 0.6) is 0 Å². The number of amides is 3. The van der Waals surface area contributed by atoms with Crippen molar-refractivity contribution < 1.29 is 18.8 Å². The van der Waals surface area contributed by atoms with Gasteiger partial charge in [0.15, 0.2) is 0 Å². The minimum Gasteiger partial charge on any atom is -0.372 e. The highest BCUT2D eigenvalue weighted by Gasteiger charge is 2.33. The highest BCUT2D eigenvalue weighted by Crippen LogP contribution is 2.35. The van der Waals surface area contributed by atoms with Gasteiger partial charge in [0.05, 0.1) is 22.8 Å². The summed E-state index contributed by atoms with van der Waals surface area (Å²) in [5.41, 5.74) is 1.61. The van der Waals surface area contributed by atoms with Gasteiger partial charge >= 0.3 is 5.69 Å². The van der Waals surface area contributed by atoms with E-state index in [-0.39, 0.29) is 63.6 Å². The monoisotopic (exact) mass is 984 g/mol. The molecule has 2 atom stereocenters. The first kappa shape index (κ1) is 45.0. The van der Waals surface area contributed by atoms with Crippen LogP contribution in [0.4, 0.5) is 27.3 Å². The molecule has 2 unspecified atom stereocenters. The van der Waals surface area contributed by atoms with E-state index in [1.165, 1.54) is 32.9 Å². The molecule has 8 rings (SSSR count). The zero-order chi connectivity index (χ0) is 45.4. The maximum Gasteiger partial charge on any atom is 0.336 e. The Balaban J connectivity index is 0.938. The van der Waals surface area contributed by atoms with Crippen LogP contribution in [0.3, 0.4) is 0 Å². The summed E-state index contributed by atoms with van der Waals surface area (Å²) < 4.78 is 19.7. The van der Waals surface area contributed by atoms with Crippen molar-refractivity contribution in [3.05, 3.63) is 118 Å². The second-order valence-corrected chi connectivity index (χ2v) is 18.8. The minimum atomic E-state index is -0.589. The number of carbonyl (C=O) groups excluding carboxylic acids is 3. The Bertz CT molecular complexity index is 2830. The molecule has 2 saturated heterocycles. The Morgan fingerprint density at radius 1 is 0.953 bits per heavy atom. The lowest BCUT2D eigenvalue weighted by molar-refractivity contribution is -0.134. The van der Waals surface area contributed by atoms with Crippen molar-refractivity contribution in [3.8, 4) is 5.69 Å². The first-order chi connectivity index (χ1) is 30.7. The first-order valence-electron chi connectivity index (χ1n) is 22.2. The van der Waals surface area contributed by atoms with Crippen molar-refractivity contribution in [1.29, 1.82) is 0 Å². The lowest BCUT2D eigenvalue weighted by atomic mass is 9.90. The number of benzene rings is 3. The summed E-state index contributed by atoms with van der Waals surface area (Å²) in [5, 5.41) is 8.63. The molecule has 3 N–H and O–H groups in total. The second kappa shape index (κ2) is 18.8. The van der Waals surface area contributed by atoms with Gasteiger partial charge in [-0.1, -0.05) is 25.1 Å². The molecule has 336 valence electrons. The third kappa shape index (κ3) is 9.30. The Morgan fingerprint density at radius 3 is 2.41 bits per heavy atom. The number of fused-ring (bicyclic) bond motifs is 1. The summed E-state index contributed by atoms with van der Waals surface area (Å²) in [5.74, 6) is -1.16. The van der Waals surface area contributed by atoms with E-state index in [4.69, 9.17) is 0 Å². The third-order valence-corrected chi connectivity index (χ3v) is 13.7. The number of pyridine rings is 1. The number of carbonyl (C=O) groups is 3. The smallest absolute Gasteiger partial charge is 0.336 e. The first-order valence-corrected chi connectivity index (χ1v) is 23.2. The lowest BCUT2D eigenvalue weighted by Crippen LogP contribution is -2.41. The van der Waals surface area contributed by atoms with Crippen LogP contribution in [0.25, 0.3) is 16.6 Å². The standard InChI is InChI=1S/C48H54FIN8O6/c1-5-56(35-10-6-8-31(24-35)37-15-17-40(59)53-45(37)61)23-18-28(2)27-55-21-19-30(20-22-55)44(60)51-33-9-7-11-36(26-33)57-42-29(3)46(62)54(4)43(52-39-16-12-32(50)25-38(39)49)41(42)47(63)58(48(57)64)34-13-14-34/h6-12,16,24-26,28,30,34,37,52H,5,13-15,17-23,27H2,1-4H3,(H,51,60)(H,53,59,61). The Labute approximate surface area is 384 Å². The van der Waals surface area contributed by atoms with E-state index < -0.39 is 22.6 Å². The van der Waals surface area contributed by atoms with Gasteiger partial charge in [0.2, 0.25) is 17.7 Å². The van der Waals surface area contributed by atoms with Crippen LogP contribution in [0.2, 0.25) is 0 Å². The summed E-state index contributed by atoms with van der Waals surface area (Å²) in [6.45, 7) is 10.1. The molecule has 0 radical (unpaired) electrons. The molecule has 64 heavy (non-hydrogen) atoms. The highest BCUT2D eigenvalue weighted by atomic mass is 127. The van der Waals surface area contributed by atoms with Gasteiger partial charge in [-0.15, -0.1) is 0 Å². The van der Waals surface area contributed by atoms with Crippen molar-refractivity contribution >= 4 is 74.1 Å². The Morgan fingerprint density at radius 2 is 1.70 bits per heavy atom. The topological polar surface area (TPSA) is 160 Å². The van der Waals surface area contributed by atoms with Gasteiger partial charge in [-0.05, 0) is 148 Å². The van der Waals surface area contributed by atoms with Gasteiger partial charge in [-0.2, -0.15) is 0 Å². The molecule has 3 fully saturated rings. The summed E-state index contributed by atoms with van der Waals surface area (Å²) in [4.78, 5) is 85.1. The van der Waals surface area contributed by atoms with Gasteiger partial charge in [-0.25, -0.2) is 9.18 Å². The maximum absolute atomic E-state index is 15.2. The average molecular weight is 985 g/mol. The molecule has 16 heteroatoms. The number of halogens is 2. The molecule has 0 bridgehead atoms. The number of nitrogens with zero attached hydrogens (tertiary/aromatic N) is 5. The fourth-order valence-corrected chi connectivity index (χ4v) is 9.70. The van der Waals surface area contributed by atoms with Gasteiger partial charge < -0.3 is 20.4 Å². The number of hydrogen-bond donors (Lipinski definition) is 3. The van der Waals surface area contributed by atoms with Gasteiger partial charge in [-0.3, -0.25) is 43.0 Å². The van der Waals surface area contributed by atoms with E-state index in [0.29, 0.717) is 59.4 Å². The van der Waals surface area contributed by atoms with Crippen LogP contribution in [0.1, 0.15) is 81.9 Å². The molecule has 2 aliphatic heterocycles.